The quantitative estimate of drug-likeness (QED) is 0.105. The third-order valence-electron chi connectivity index (χ3n) is 6.03. The highest BCUT2D eigenvalue weighted by atomic mass is 32.2. The Bertz CT molecular complexity index is 1540. The maximum atomic E-state index is 13.1. The molecule has 0 radical (unpaired) electrons. The van der Waals surface area contributed by atoms with Gasteiger partial charge in [0.05, 0.1) is 28.1 Å². The Hall–Kier alpha value is -4.47. The van der Waals surface area contributed by atoms with Gasteiger partial charge in [0.1, 0.15) is 17.6 Å². The molecule has 1 unspecified atom stereocenters. The fourth-order valence-electron chi connectivity index (χ4n) is 3.98. The van der Waals surface area contributed by atoms with Crippen molar-refractivity contribution >= 4 is 38.5 Å². The zero-order valence-corrected chi connectivity index (χ0v) is 22.7. The van der Waals surface area contributed by atoms with Gasteiger partial charge in [-0.15, -0.1) is 5.92 Å². The zero-order chi connectivity index (χ0) is 29.1. The molecule has 5 N–H and O–H groups in total. The lowest BCUT2D eigenvalue weighted by atomic mass is 10.1. The van der Waals surface area contributed by atoms with Gasteiger partial charge in [-0.3, -0.25) is 24.6 Å². The first-order valence-electron chi connectivity index (χ1n) is 12.4. The largest absolute Gasteiger partial charge is 0.481 e. The molecule has 0 aliphatic rings. The number of primary amides is 1. The number of carbonyl (C=O) groups excluding carboxylic acids is 3. The van der Waals surface area contributed by atoms with Crippen molar-refractivity contribution in [2.75, 3.05) is 13.2 Å². The molecule has 11 nitrogen and oxygen atoms in total. The summed E-state index contributed by atoms with van der Waals surface area (Å²) in [5, 5.41) is 11.0. The van der Waals surface area contributed by atoms with Crippen LogP contribution in [-0.4, -0.2) is 54.7 Å². The first kappa shape index (κ1) is 30.1. The molecule has 0 aliphatic carbocycles. The Labute approximate surface area is 232 Å². The summed E-state index contributed by atoms with van der Waals surface area (Å²) in [5.41, 5.74) is 7.94. The molecule has 210 valence electrons. The van der Waals surface area contributed by atoms with Gasteiger partial charge in [-0.2, -0.15) is 0 Å². The average Bonchev–Trinajstić information content (AvgIpc) is 2.94. The van der Waals surface area contributed by atoms with Crippen molar-refractivity contribution in [3.05, 3.63) is 65.9 Å². The van der Waals surface area contributed by atoms with Crippen LogP contribution in [0, 0.1) is 11.8 Å². The number of sulfone groups is 1. The maximum Gasteiger partial charge on any atom is 0.262 e. The van der Waals surface area contributed by atoms with Crippen LogP contribution in [0.15, 0.2) is 59.5 Å². The Balaban J connectivity index is 1.56. The molecule has 0 saturated heterocycles. The summed E-state index contributed by atoms with van der Waals surface area (Å²) < 4.78 is 31.6. The van der Waals surface area contributed by atoms with Crippen molar-refractivity contribution in [3.63, 3.8) is 0 Å². The molecule has 1 atom stereocenters. The Morgan fingerprint density at radius 3 is 2.50 bits per heavy atom. The first-order chi connectivity index (χ1) is 19.2. The van der Waals surface area contributed by atoms with Crippen molar-refractivity contribution in [3.8, 4) is 17.6 Å². The number of ether oxygens (including phenoxy) is 1. The number of para-hydroxylation sites is 1. The molecule has 0 saturated carbocycles. The highest BCUT2D eigenvalue weighted by Crippen LogP contribution is 2.23. The van der Waals surface area contributed by atoms with E-state index in [0.29, 0.717) is 17.7 Å². The lowest BCUT2D eigenvalue weighted by molar-refractivity contribution is -0.129. The number of hydroxylamine groups is 1. The van der Waals surface area contributed by atoms with E-state index >= 15 is 0 Å². The number of unbranched alkanes of at least 4 members (excludes halogenated alkanes) is 1. The van der Waals surface area contributed by atoms with E-state index in [1.54, 1.807) is 37.3 Å². The number of rotatable bonds is 13. The second kappa shape index (κ2) is 14.1. The molecule has 2 aromatic carbocycles. The fourth-order valence-corrected chi connectivity index (χ4v) is 5.64. The Morgan fingerprint density at radius 1 is 1.10 bits per heavy atom. The molecule has 12 heteroatoms. The number of hydrogen-bond donors (Lipinski definition) is 4. The van der Waals surface area contributed by atoms with Gasteiger partial charge in [-0.1, -0.05) is 24.1 Å². The summed E-state index contributed by atoms with van der Waals surface area (Å²) in [4.78, 5) is 40.9. The minimum absolute atomic E-state index is 0.0903. The Kier molecular flexibility index (Phi) is 10.6. The van der Waals surface area contributed by atoms with Crippen LogP contribution in [0.5, 0.6) is 5.75 Å². The number of benzene rings is 2. The highest BCUT2D eigenvalue weighted by molar-refractivity contribution is 7.92. The number of nitrogens with one attached hydrogen (secondary N) is 2. The lowest BCUT2D eigenvalue weighted by Crippen LogP contribution is -2.38. The first-order valence-corrected chi connectivity index (χ1v) is 14.0. The second-order valence-electron chi connectivity index (χ2n) is 8.76. The molecule has 3 rings (SSSR count). The number of nitrogens with two attached hydrogens (primary N) is 1. The number of amides is 3. The fraction of sp³-hybridized carbons (Fsp3) is 0.286. The van der Waals surface area contributed by atoms with Gasteiger partial charge in [0.25, 0.3) is 11.8 Å². The molecule has 0 fully saturated rings. The van der Waals surface area contributed by atoms with E-state index in [4.69, 9.17) is 15.7 Å². The molecule has 40 heavy (non-hydrogen) atoms. The van der Waals surface area contributed by atoms with Gasteiger partial charge in [0, 0.05) is 11.9 Å². The standard InChI is InChI=1S/C28H30N4O7S/c1-2-3-16-39-20-11-13-21(14-12-20)40(37,38)25(28(35)32-36)10-6-7-15-30-26(33)18-24-22(27(29)34)17-19-8-4-5-9-23(19)31-24/h4-5,8-9,11-14,17,25,36H,6-7,10,15-16,18H2,1H3,(H2,29,34)(H,30,33)(H,32,35). The van der Waals surface area contributed by atoms with Gasteiger partial charge in [-0.25, -0.2) is 13.9 Å². The minimum Gasteiger partial charge on any atom is -0.481 e. The van der Waals surface area contributed by atoms with Crippen LogP contribution in [0.4, 0.5) is 0 Å². The molecular formula is C28H30N4O7S. The summed E-state index contributed by atoms with van der Waals surface area (Å²) >= 11 is 0. The molecule has 0 aliphatic heterocycles. The van der Waals surface area contributed by atoms with Crippen LogP contribution in [-0.2, 0) is 25.8 Å². The van der Waals surface area contributed by atoms with Gasteiger partial charge < -0.3 is 15.8 Å². The molecule has 1 heterocycles. The van der Waals surface area contributed by atoms with Crippen molar-refractivity contribution < 1.29 is 32.7 Å². The van der Waals surface area contributed by atoms with E-state index in [0.717, 1.165) is 5.39 Å². The molecular weight excluding hydrogens is 536 g/mol. The monoisotopic (exact) mass is 566 g/mol. The van der Waals surface area contributed by atoms with E-state index in [2.05, 4.69) is 22.1 Å². The molecule has 0 bridgehead atoms. The van der Waals surface area contributed by atoms with E-state index in [-0.39, 0.29) is 48.6 Å². The van der Waals surface area contributed by atoms with Crippen molar-refractivity contribution in [1.82, 2.24) is 15.8 Å². The molecule has 1 aromatic heterocycles. The minimum atomic E-state index is -4.12. The van der Waals surface area contributed by atoms with E-state index < -0.39 is 32.8 Å². The number of pyridine rings is 1. The van der Waals surface area contributed by atoms with Crippen molar-refractivity contribution in [1.29, 1.82) is 0 Å². The maximum absolute atomic E-state index is 13.1. The SMILES string of the molecule is CC#CCOc1ccc(S(=O)(=O)C(CCCCNC(=O)Cc2nc3ccccc3cc2C(N)=O)C(=O)NO)cc1. The molecule has 0 spiro atoms. The normalized spacial score (nSPS) is 11.7. The van der Waals surface area contributed by atoms with E-state index in [9.17, 15) is 22.8 Å². The van der Waals surface area contributed by atoms with Gasteiger partial charge in [0.2, 0.25) is 5.91 Å². The summed E-state index contributed by atoms with van der Waals surface area (Å²) in [6.07, 6.45) is 0.357. The number of aromatic nitrogens is 1. The summed E-state index contributed by atoms with van der Waals surface area (Å²) in [5.74, 6) is 3.69. The Morgan fingerprint density at radius 2 is 1.82 bits per heavy atom. The van der Waals surface area contributed by atoms with Crippen LogP contribution in [0.3, 0.4) is 0 Å². The van der Waals surface area contributed by atoms with Crippen molar-refractivity contribution in [2.24, 2.45) is 5.73 Å². The van der Waals surface area contributed by atoms with Gasteiger partial charge in [0.15, 0.2) is 9.84 Å². The van der Waals surface area contributed by atoms with Crippen LogP contribution < -0.4 is 21.3 Å². The number of carbonyl (C=O) groups is 3. The number of nitrogens with zero attached hydrogens (tertiary/aromatic N) is 1. The van der Waals surface area contributed by atoms with Crippen molar-refractivity contribution in [2.45, 2.75) is 42.8 Å². The van der Waals surface area contributed by atoms with Crippen LogP contribution in [0.2, 0.25) is 0 Å². The van der Waals surface area contributed by atoms with Crippen LogP contribution >= 0.6 is 0 Å². The van der Waals surface area contributed by atoms with E-state index in [1.807, 2.05) is 0 Å². The number of fused-ring (bicyclic) bond motifs is 1. The summed E-state index contributed by atoms with van der Waals surface area (Å²) in [6, 6.07) is 14.3. The molecule has 3 aromatic rings. The van der Waals surface area contributed by atoms with Crippen LogP contribution in [0.1, 0.15) is 42.2 Å². The number of hydrogen-bond acceptors (Lipinski definition) is 8. The highest BCUT2D eigenvalue weighted by Gasteiger charge is 2.33. The van der Waals surface area contributed by atoms with E-state index in [1.165, 1.54) is 29.7 Å². The second-order valence-corrected chi connectivity index (χ2v) is 10.9. The lowest BCUT2D eigenvalue weighted by Gasteiger charge is -2.16. The van der Waals surface area contributed by atoms with Crippen LogP contribution in [0.25, 0.3) is 10.9 Å². The molecule has 3 amide bonds. The third kappa shape index (κ3) is 7.78. The third-order valence-corrected chi connectivity index (χ3v) is 8.16. The summed E-state index contributed by atoms with van der Waals surface area (Å²) in [6.45, 7) is 2.02. The van der Waals surface area contributed by atoms with Gasteiger partial charge >= 0.3 is 0 Å². The topological polar surface area (TPSA) is 178 Å². The smallest absolute Gasteiger partial charge is 0.262 e. The summed E-state index contributed by atoms with van der Waals surface area (Å²) in [7, 11) is -4.12. The zero-order valence-electron chi connectivity index (χ0n) is 21.8. The average molecular weight is 567 g/mol. The predicted octanol–water partition coefficient (Wildman–Crippen LogP) is 1.91. The predicted molar refractivity (Wildman–Crippen MR) is 147 cm³/mol. The van der Waals surface area contributed by atoms with Gasteiger partial charge in [-0.05, 0) is 62.6 Å².